The van der Waals surface area contributed by atoms with Crippen LogP contribution in [0.5, 0.6) is 0 Å². The molecule has 0 amide bonds. The van der Waals surface area contributed by atoms with Crippen molar-refractivity contribution in [2.45, 2.75) is 6.18 Å². The van der Waals surface area contributed by atoms with Crippen molar-refractivity contribution in [3.8, 4) is 0 Å². The highest BCUT2D eigenvalue weighted by atomic mass is 19.4. The molecule has 0 aromatic rings. The third kappa shape index (κ3) is 6.97. The van der Waals surface area contributed by atoms with Gasteiger partial charge < -0.3 is 26.1 Å². The van der Waals surface area contributed by atoms with Crippen LogP contribution in [0.25, 0.3) is 0 Å². The number of aliphatic hydroxyl groups excluding tert-OH is 1. The molecule has 0 spiro atoms. The maximum absolute atomic E-state index is 12.4. The fraction of sp³-hybridized carbons (Fsp3) is 0.875. The van der Waals surface area contributed by atoms with Crippen LogP contribution in [0.3, 0.4) is 0 Å². The van der Waals surface area contributed by atoms with E-state index in [1.807, 2.05) is 0 Å². The van der Waals surface area contributed by atoms with Crippen molar-refractivity contribution in [3.05, 3.63) is 0 Å². The smallest absolute Gasteiger partial charge is 0.400 e. The number of hydrogen-bond acceptors (Lipinski definition) is 5. The van der Waals surface area contributed by atoms with E-state index >= 15 is 0 Å². The molecule has 17 heavy (non-hydrogen) atoms. The fourth-order valence-corrected chi connectivity index (χ4v) is 1.02. The molecule has 5 N–H and O–H groups in total. The number of amidine groups is 1. The molecule has 0 saturated heterocycles. The monoisotopic (exact) mass is 259 g/mol. The topological polar surface area (TPSA) is 100 Å². The summed E-state index contributed by atoms with van der Waals surface area (Å²) in [6, 6.07) is 0. The number of hydrogen-bond donors (Lipinski definition) is 4. The molecule has 0 bridgehead atoms. The van der Waals surface area contributed by atoms with Crippen molar-refractivity contribution in [2.24, 2.45) is 16.8 Å². The predicted octanol–water partition coefficient (Wildman–Crippen LogP) is -0.490. The third-order valence-electron chi connectivity index (χ3n) is 1.87. The molecule has 0 rings (SSSR count). The second-order valence-corrected chi connectivity index (χ2v) is 3.16. The van der Waals surface area contributed by atoms with Gasteiger partial charge in [-0.05, 0) is 0 Å². The van der Waals surface area contributed by atoms with Crippen molar-refractivity contribution >= 4 is 5.84 Å². The Bertz CT molecular complexity index is 236. The van der Waals surface area contributed by atoms with E-state index in [1.54, 1.807) is 0 Å². The van der Waals surface area contributed by atoms with Gasteiger partial charge in [-0.25, -0.2) is 0 Å². The van der Waals surface area contributed by atoms with Gasteiger partial charge in [-0.3, -0.25) is 0 Å². The minimum atomic E-state index is -4.57. The van der Waals surface area contributed by atoms with Crippen LogP contribution in [0.15, 0.2) is 5.16 Å². The lowest BCUT2D eigenvalue weighted by molar-refractivity contribution is -0.155. The van der Waals surface area contributed by atoms with Crippen molar-refractivity contribution < 1.29 is 28.2 Å². The van der Waals surface area contributed by atoms with Crippen molar-refractivity contribution in [2.75, 3.05) is 32.9 Å². The molecule has 0 radical (unpaired) electrons. The summed E-state index contributed by atoms with van der Waals surface area (Å²) in [5.41, 5.74) is 4.94. The van der Waals surface area contributed by atoms with Gasteiger partial charge in [0.2, 0.25) is 0 Å². The number of rotatable bonds is 8. The second-order valence-electron chi connectivity index (χ2n) is 3.16. The molecule has 102 valence electrons. The van der Waals surface area contributed by atoms with E-state index in [0.29, 0.717) is 0 Å². The van der Waals surface area contributed by atoms with Crippen LogP contribution < -0.4 is 11.1 Å². The zero-order valence-electron chi connectivity index (χ0n) is 9.07. The van der Waals surface area contributed by atoms with Crippen LogP contribution in [-0.4, -0.2) is 55.2 Å². The molecule has 0 aromatic heterocycles. The summed E-state index contributed by atoms with van der Waals surface area (Å²) in [7, 11) is 0. The van der Waals surface area contributed by atoms with Crippen LogP contribution in [0.4, 0.5) is 13.2 Å². The van der Waals surface area contributed by atoms with Gasteiger partial charge in [0, 0.05) is 13.1 Å². The van der Waals surface area contributed by atoms with Crippen LogP contribution in [0, 0.1) is 5.92 Å². The Morgan fingerprint density at radius 1 is 1.41 bits per heavy atom. The summed E-state index contributed by atoms with van der Waals surface area (Å²) in [6.45, 7) is -0.172. The molecule has 1 unspecified atom stereocenters. The number of nitrogens with two attached hydrogens (primary N) is 1. The molecule has 0 saturated carbocycles. The standard InChI is InChI=1S/C8H16F3N3O3/c9-8(10,11)6(7(12)14-16)5-13-1-3-17-4-2-15/h6,13,15-16H,1-5H2,(H2,12,14). The Balaban J connectivity index is 3.95. The van der Waals surface area contributed by atoms with Crippen LogP contribution in [0.1, 0.15) is 0 Å². The Morgan fingerprint density at radius 3 is 2.53 bits per heavy atom. The maximum atomic E-state index is 12.4. The number of alkyl halides is 3. The Morgan fingerprint density at radius 2 is 2.06 bits per heavy atom. The number of nitrogens with one attached hydrogen (secondary N) is 1. The van der Waals surface area contributed by atoms with E-state index in [9.17, 15) is 13.2 Å². The number of ether oxygens (including phenoxy) is 1. The minimum Gasteiger partial charge on any atom is -0.409 e. The van der Waals surface area contributed by atoms with Crippen molar-refractivity contribution in [1.82, 2.24) is 5.32 Å². The molecule has 0 aliphatic rings. The number of halogens is 3. The average molecular weight is 259 g/mol. The Labute approximate surface area is 96.2 Å². The van der Waals surface area contributed by atoms with Gasteiger partial charge in [-0.1, -0.05) is 5.16 Å². The Hall–Kier alpha value is -1.06. The minimum absolute atomic E-state index is 0.130. The first-order chi connectivity index (χ1) is 7.93. The van der Waals surface area contributed by atoms with Crippen LogP contribution in [0.2, 0.25) is 0 Å². The molecule has 0 aliphatic heterocycles. The van der Waals surface area contributed by atoms with E-state index < -0.39 is 24.5 Å². The van der Waals surface area contributed by atoms with Crippen LogP contribution in [-0.2, 0) is 4.74 Å². The Kier molecular flexibility index (Phi) is 7.59. The van der Waals surface area contributed by atoms with Crippen molar-refractivity contribution in [3.63, 3.8) is 0 Å². The van der Waals surface area contributed by atoms with E-state index in [1.165, 1.54) is 0 Å². The van der Waals surface area contributed by atoms with E-state index in [4.69, 9.17) is 20.8 Å². The highest BCUT2D eigenvalue weighted by Gasteiger charge is 2.42. The summed E-state index contributed by atoms with van der Waals surface area (Å²) < 4.78 is 42.1. The molecule has 0 fully saturated rings. The third-order valence-corrected chi connectivity index (χ3v) is 1.87. The number of aliphatic hydroxyl groups is 1. The first-order valence-electron chi connectivity index (χ1n) is 4.87. The number of oxime groups is 1. The zero-order chi connectivity index (χ0) is 13.3. The van der Waals surface area contributed by atoms with E-state index in [2.05, 4.69) is 10.5 Å². The first kappa shape index (κ1) is 15.9. The summed E-state index contributed by atoms with van der Waals surface area (Å²) in [5.74, 6) is -2.92. The van der Waals surface area contributed by atoms with E-state index in [0.717, 1.165) is 0 Å². The second kappa shape index (κ2) is 8.09. The SMILES string of the molecule is NC(=NO)C(CNCCOCCO)C(F)(F)F. The predicted molar refractivity (Wildman–Crippen MR) is 53.7 cm³/mol. The molecule has 0 aliphatic carbocycles. The lowest BCUT2D eigenvalue weighted by Gasteiger charge is -2.19. The van der Waals surface area contributed by atoms with Gasteiger partial charge in [0.15, 0.2) is 5.84 Å². The van der Waals surface area contributed by atoms with Gasteiger partial charge in [-0.2, -0.15) is 13.2 Å². The molecular formula is C8H16F3N3O3. The first-order valence-corrected chi connectivity index (χ1v) is 4.87. The maximum Gasteiger partial charge on any atom is 0.400 e. The number of nitrogens with zero attached hydrogens (tertiary/aromatic N) is 1. The lowest BCUT2D eigenvalue weighted by atomic mass is 10.1. The normalized spacial score (nSPS) is 14.9. The van der Waals surface area contributed by atoms with Crippen molar-refractivity contribution in [1.29, 1.82) is 0 Å². The summed E-state index contributed by atoms with van der Waals surface area (Å²) in [6.07, 6.45) is -4.57. The van der Waals surface area contributed by atoms with Gasteiger partial charge in [0.25, 0.3) is 0 Å². The lowest BCUT2D eigenvalue weighted by Crippen LogP contribution is -2.43. The van der Waals surface area contributed by atoms with Gasteiger partial charge in [-0.15, -0.1) is 0 Å². The van der Waals surface area contributed by atoms with Crippen LogP contribution >= 0.6 is 0 Å². The molecule has 0 aromatic carbocycles. The summed E-state index contributed by atoms with van der Waals surface area (Å²) in [5, 5.41) is 21.4. The highest BCUT2D eigenvalue weighted by Crippen LogP contribution is 2.25. The van der Waals surface area contributed by atoms with Gasteiger partial charge in [0.1, 0.15) is 5.92 Å². The van der Waals surface area contributed by atoms with Gasteiger partial charge in [0.05, 0.1) is 19.8 Å². The summed E-state index contributed by atoms with van der Waals surface area (Å²) in [4.78, 5) is 0. The highest BCUT2D eigenvalue weighted by molar-refractivity contribution is 5.83. The largest absolute Gasteiger partial charge is 0.409 e. The molecule has 0 heterocycles. The quantitative estimate of drug-likeness (QED) is 0.155. The molecular weight excluding hydrogens is 243 g/mol. The zero-order valence-corrected chi connectivity index (χ0v) is 9.07. The molecule has 9 heteroatoms. The van der Waals surface area contributed by atoms with Gasteiger partial charge >= 0.3 is 6.18 Å². The molecule has 6 nitrogen and oxygen atoms in total. The molecule has 1 atom stereocenters. The average Bonchev–Trinajstić information content (AvgIpc) is 2.25. The summed E-state index contributed by atoms with van der Waals surface area (Å²) >= 11 is 0. The van der Waals surface area contributed by atoms with E-state index in [-0.39, 0.29) is 26.4 Å². The fourth-order valence-electron chi connectivity index (χ4n) is 1.02.